The zero-order valence-corrected chi connectivity index (χ0v) is 24.6. The fourth-order valence-electron chi connectivity index (χ4n) is 4.42. The number of nitrogens with one attached hydrogen (secondary N) is 2. The minimum Gasteiger partial charge on any atom is -0.338 e. The molecule has 41 heavy (non-hydrogen) atoms. The van der Waals surface area contributed by atoms with Crippen molar-refractivity contribution < 1.29 is 9.18 Å². The van der Waals surface area contributed by atoms with Gasteiger partial charge >= 0.3 is 5.91 Å². The first kappa shape index (κ1) is 31.6. The molecule has 2 aromatic carbocycles. The second-order valence-electron chi connectivity index (χ2n) is 9.37. The van der Waals surface area contributed by atoms with Crippen LogP contribution in [-0.2, 0) is 11.3 Å². The predicted molar refractivity (Wildman–Crippen MR) is 167 cm³/mol. The zero-order chi connectivity index (χ0) is 27.2. The van der Waals surface area contributed by atoms with E-state index in [2.05, 4.69) is 37.3 Å². The van der Waals surface area contributed by atoms with E-state index in [1.54, 1.807) is 12.4 Å². The van der Waals surface area contributed by atoms with Gasteiger partial charge in [0.25, 0.3) is 0 Å². The van der Waals surface area contributed by atoms with Crippen LogP contribution in [0.4, 0.5) is 27.5 Å². The Morgan fingerprint density at radius 3 is 2.46 bits per heavy atom. The molecule has 0 bridgehead atoms. The normalized spacial score (nSPS) is 13.0. The van der Waals surface area contributed by atoms with E-state index in [-0.39, 0.29) is 31.5 Å². The molecule has 1 fully saturated rings. The second-order valence-corrected chi connectivity index (χ2v) is 9.37. The lowest BCUT2D eigenvalue weighted by molar-refractivity contribution is -0.111. The Morgan fingerprint density at radius 2 is 1.76 bits per heavy atom. The molecule has 2 aromatic heterocycles. The lowest BCUT2D eigenvalue weighted by atomic mass is 10.1. The Morgan fingerprint density at radius 1 is 1.02 bits per heavy atom. The number of alkyl halides is 1. The van der Waals surface area contributed by atoms with Gasteiger partial charge in [-0.25, -0.2) is 9.37 Å². The third-order valence-electron chi connectivity index (χ3n) is 6.60. The lowest BCUT2D eigenvalue weighted by Gasteiger charge is -2.34. The van der Waals surface area contributed by atoms with Gasteiger partial charge in [-0.1, -0.05) is 29.7 Å². The van der Waals surface area contributed by atoms with Crippen LogP contribution in [0.1, 0.15) is 18.1 Å². The van der Waals surface area contributed by atoms with Crippen molar-refractivity contribution in [2.75, 3.05) is 54.9 Å². The maximum atomic E-state index is 12.8. The second kappa shape index (κ2) is 14.6. The minimum atomic E-state index is -0.395. The number of fused-ring (bicyclic) bond motifs is 1. The number of carbonyl (C=O) groups excluding carboxylic acids is 1. The molecule has 2 N–H and O–H groups in total. The van der Waals surface area contributed by atoms with Gasteiger partial charge in [0, 0.05) is 62.1 Å². The van der Waals surface area contributed by atoms with Crippen molar-refractivity contribution in [2.24, 2.45) is 0 Å². The molecule has 0 atom stereocenters. The fourth-order valence-corrected chi connectivity index (χ4v) is 4.42. The molecule has 5 rings (SSSR count). The number of hydrogen-bond donors (Lipinski definition) is 2. The first-order valence-electron chi connectivity index (χ1n) is 13.1. The Kier molecular flexibility index (Phi) is 11.3. The Balaban J connectivity index is 0.00000231. The molecule has 9 nitrogen and oxygen atoms in total. The summed E-state index contributed by atoms with van der Waals surface area (Å²) in [5.41, 5.74) is 4.67. The first-order chi connectivity index (χ1) is 19.0. The van der Waals surface area contributed by atoms with Gasteiger partial charge in [0.1, 0.15) is 6.67 Å². The third-order valence-corrected chi connectivity index (χ3v) is 6.60. The molecule has 1 aliphatic rings. The number of carbonyl (C=O) groups is 1. The summed E-state index contributed by atoms with van der Waals surface area (Å²) in [5, 5.41) is 6.20. The third kappa shape index (κ3) is 7.85. The van der Waals surface area contributed by atoms with Crippen molar-refractivity contribution in [1.82, 2.24) is 24.4 Å². The molecule has 0 radical (unpaired) electrons. The molecule has 3 heterocycles. The SMILES string of the molecule is CCn1cnc2c(Nc3cccc(NC(=O)C#Cc4ccc(C)cc4)c3)nc(N3CCN(CCF)CC3)nc21.Cl.Cl. The van der Waals surface area contributed by atoms with E-state index in [1.807, 2.05) is 60.9 Å². The summed E-state index contributed by atoms with van der Waals surface area (Å²) in [6.07, 6.45) is 1.76. The monoisotopic (exact) mass is 598 g/mol. The molecule has 0 spiro atoms. The van der Waals surface area contributed by atoms with Crippen molar-refractivity contribution >= 4 is 65.0 Å². The van der Waals surface area contributed by atoms with Crippen LogP contribution < -0.4 is 15.5 Å². The number of hydrogen-bond acceptors (Lipinski definition) is 7. The van der Waals surface area contributed by atoms with E-state index in [0.29, 0.717) is 29.5 Å². The highest BCUT2D eigenvalue weighted by atomic mass is 35.5. The van der Waals surface area contributed by atoms with Crippen LogP contribution >= 0.6 is 24.8 Å². The Labute approximate surface area is 251 Å². The van der Waals surface area contributed by atoms with Crippen LogP contribution in [0.15, 0.2) is 54.9 Å². The number of amides is 1. The average Bonchev–Trinajstić information content (AvgIpc) is 3.37. The average molecular weight is 600 g/mol. The van der Waals surface area contributed by atoms with Crippen LogP contribution in [0.3, 0.4) is 0 Å². The maximum Gasteiger partial charge on any atom is 0.300 e. The van der Waals surface area contributed by atoms with Gasteiger partial charge in [0.15, 0.2) is 17.0 Å². The van der Waals surface area contributed by atoms with E-state index in [9.17, 15) is 9.18 Å². The molecule has 4 aromatic rings. The highest BCUT2D eigenvalue weighted by Gasteiger charge is 2.22. The summed E-state index contributed by atoms with van der Waals surface area (Å²) in [6, 6.07) is 15.1. The quantitative estimate of drug-likeness (QED) is 0.295. The molecule has 1 aliphatic heterocycles. The standard InChI is InChI=1S/C29H31FN8O.2ClH/c1-3-37-20-31-26-27(34-29(35-28(26)37)38-17-15-36(14-13-30)16-18-38)33-24-6-4-5-23(19-24)32-25(39)12-11-22-9-7-21(2)8-10-22;;/h4-10,19-20H,3,13-18H2,1-2H3,(H,32,39)(H,33,34,35);2*1H. The van der Waals surface area contributed by atoms with Crippen molar-refractivity contribution in [3.8, 4) is 11.8 Å². The van der Waals surface area contributed by atoms with E-state index in [4.69, 9.17) is 9.97 Å². The number of piperazine rings is 1. The smallest absolute Gasteiger partial charge is 0.300 e. The van der Waals surface area contributed by atoms with Crippen LogP contribution in [0, 0.1) is 18.8 Å². The van der Waals surface area contributed by atoms with Gasteiger partial charge in [0.2, 0.25) is 5.95 Å². The molecule has 0 unspecified atom stereocenters. The van der Waals surface area contributed by atoms with Crippen molar-refractivity contribution in [3.63, 3.8) is 0 Å². The van der Waals surface area contributed by atoms with Crippen molar-refractivity contribution in [3.05, 3.63) is 66.0 Å². The highest BCUT2D eigenvalue weighted by molar-refractivity contribution is 6.04. The zero-order valence-electron chi connectivity index (χ0n) is 22.9. The van der Waals surface area contributed by atoms with Gasteiger partial charge < -0.3 is 20.1 Å². The Hall–Kier alpha value is -3.91. The maximum absolute atomic E-state index is 12.8. The number of aryl methyl sites for hydroxylation is 2. The summed E-state index contributed by atoms with van der Waals surface area (Å²) in [4.78, 5) is 30.9. The molecular weight excluding hydrogens is 566 g/mol. The molecule has 216 valence electrons. The van der Waals surface area contributed by atoms with Crippen LogP contribution in [0.25, 0.3) is 11.2 Å². The van der Waals surface area contributed by atoms with Gasteiger partial charge in [-0.15, -0.1) is 24.8 Å². The van der Waals surface area contributed by atoms with E-state index in [1.165, 1.54) is 0 Å². The summed E-state index contributed by atoms with van der Waals surface area (Å²) in [7, 11) is 0. The molecule has 0 saturated carbocycles. The summed E-state index contributed by atoms with van der Waals surface area (Å²) >= 11 is 0. The topological polar surface area (TPSA) is 91.2 Å². The number of nitrogens with zero attached hydrogens (tertiary/aromatic N) is 6. The Bertz CT molecular complexity index is 1530. The number of anilines is 4. The summed E-state index contributed by atoms with van der Waals surface area (Å²) < 4.78 is 14.8. The highest BCUT2D eigenvalue weighted by Crippen LogP contribution is 2.27. The van der Waals surface area contributed by atoms with E-state index in [0.717, 1.165) is 55.2 Å². The van der Waals surface area contributed by atoms with Crippen LogP contribution in [0.2, 0.25) is 0 Å². The number of halogens is 3. The van der Waals surface area contributed by atoms with Gasteiger partial charge in [0.05, 0.1) is 6.33 Å². The van der Waals surface area contributed by atoms with Gasteiger partial charge in [-0.05, 0) is 44.2 Å². The lowest BCUT2D eigenvalue weighted by Crippen LogP contribution is -2.47. The van der Waals surface area contributed by atoms with Crippen LogP contribution in [-0.4, -0.2) is 69.7 Å². The van der Waals surface area contributed by atoms with Gasteiger partial charge in [-0.2, -0.15) is 9.97 Å². The van der Waals surface area contributed by atoms with E-state index >= 15 is 0 Å². The number of rotatable bonds is 7. The summed E-state index contributed by atoms with van der Waals surface area (Å²) in [5.74, 6) is 6.32. The predicted octanol–water partition coefficient (Wildman–Crippen LogP) is 4.82. The number of benzene rings is 2. The summed E-state index contributed by atoms with van der Waals surface area (Å²) in [6.45, 7) is 7.84. The molecular formula is C29H33Cl2FN8O. The van der Waals surface area contributed by atoms with Crippen molar-refractivity contribution in [2.45, 2.75) is 20.4 Å². The number of aromatic nitrogens is 4. The first-order valence-corrected chi connectivity index (χ1v) is 13.1. The molecule has 1 amide bonds. The van der Waals surface area contributed by atoms with Crippen molar-refractivity contribution in [1.29, 1.82) is 0 Å². The molecule has 0 aliphatic carbocycles. The number of imidazole rings is 1. The van der Waals surface area contributed by atoms with Gasteiger partial charge in [-0.3, -0.25) is 9.69 Å². The molecule has 1 saturated heterocycles. The van der Waals surface area contributed by atoms with Crippen LogP contribution in [0.5, 0.6) is 0 Å². The fraction of sp³-hybridized carbons (Fsp3) is 0.310. The largest absolute Gasteiger partial charge is 0.338 e. The molecule has 12 heteroatoms. The van der Waals surface area contributed by atoms with E-state index < -0.39 is 5.91 Å². The minimum absolute atomic E-state index is 0.